The van der Waals surface area contributed by atoms with E-state index in [0.29, 0.717) is 6.04 Å². The maximum atomic E-state index is 6.46. The normalized spacial score (nSPS) is 19.3. The highest BCUT2D eigenvalue weighted by Crippen LogP contribution is 2.27. The summed E-state index contributed by atoms with van der Waals surface area (Å²) in [7, 11) is 4.29. The summed E-state index contributed by atoms with van der Waals surface area (Å²) in [5, 5.41) is 4.15. The van der Waals surface area contributed by atoms with Crippen molar-refractivity contribution in [3.05, 3.63) is 22.8 Å². The zero-order valence-corrected chi connectivity index (χ0v) is 14.2. The molecule has 1 saturated heterocycles. The lowest BCUT2D eigenvalue weighted by molar-refractivity contribution is 0.257. The lowest BCUT2D eigenvalue weighted by Gasteiger charge is -2.37. The number of anilines is 1. The van der Waals surface area contributed by atoms with Crippen LogP contribution in [0.5, 0.6) is 0 Å². The van der Waals surface area contributed by atoms with Gasteiger partial charge < -0.3 is 15.1 Å². The first kappa shape index (κ1) is 16.5. The summed E-state index contributed by atoms with van der Waals surface area (Å²) < 4.78 is 0. The summed E-state index contributed by atoms with van der Waals surface area (Å²) in [5.74, 6) is 0.933. The first-order valence-electron chi connectivity index (χ1n) is 7.88. The monoisotopic (exact) mass is 310 g/mol. The lowest BCUT2D eigenvalue weighted by Crippen LogP contribution is -2.45. The molecule has 0 amide bonds. The Balaban J connectivity index is 2.02. The van der Waals surface area contributed by atoms with Crippen LogP contribution in [0, 0.1) is 0 Å². The van der Waals surface area contributed by atoms with E-state index in [0.717, 1.165) is 49.0 Å². The number of nitrogens with one attached hydrogen (secondary N) is 1. The van der Waals surface area contributed by atoms with Gasteiger partial charge in [-0.1, -0.05) is 18.5 Å². The molecule has 118 valence electrons. The van der Waals surface area contributed by atoms with Crippen LogP contribution in [0.1, 0.15) is 31.7 Å². The van der Waals surface area contributed by atoms with Gasteiger partial charge in [-0.25, -0.2) is 4.98 Å². The number of rotatable bonds is 6. The Labute approximate surface area is 133 Å². The summed E-state index contributed by atoms with van der Waals surface area (Å²) in [6, 6.07) is 2.63. The molecule has 1 aromatic rings. The van der Waals surface area contributed by atoms with Crippen LogP contribution >= 0.6 is 11.6 Å². The Morgan fingerprint density at radius 3 is 2.95 bits per heavy atom. The highest BCUT2D eigenvalue weighted by molar-refractivity contribution is 6.33. The van der Waals surface area contributed by atoms with Crippen LogP contribution in [0.15, 0.2) is 12.3 Å². The van der Waals surface area contributed by atoms with E-state index in [1.807, 2.05) is 12.3 Å². The van der Waals surface area contributed by atoms with Crippen molar-refractivity contribution in [3.8, 4) is 0 Å². The second kappa shape index (κ2) is 7.97. The van der Waals surface area contributed by atoms with Crippen LogP contribution in [0.3, 0.4) is 0 Å². The van der Waals surface area contributed by atoms with Gasteiger partial charge in [-0.3, -0.25) is 0 Å². The highest BCUT2D eigenvalue weighted by Gasteiger charge is 2.23. The van der Waals surface area contributed by atoms with Crippen LogP contribution in [-0.4, -0.2) is 49.7 Å². The third kappa shape index (κ3) is 4.56. The molecular formula is C16H27ClN4. The van der Waals surface area contributed by atoms with Gasteiger partial charge >= 0.3 is 0 Å². The molecule has 2 rings (SSSR count). The molecule has 1 atom stereocenters. The molecule has 2 heterocycles. The Morgan fingerprint density at radius 1 is 1.48 bits per heavy atom. The molecule has 0 spiro atoms. The zero-order chi connectivity index (χ0) is 15.2. The molecule has 1 unspecified atom stereocenters. The molecule has 1 aliphatic heterocycles. The molecule has 4 nitrogen and oxygen atoms in total. The minimum atomic E-state index is 0.586. The Morgan fingerprint density at radius 2 is 2.29 bits per heavy atom. The predicted molar refractivity (Wildman–Crippen MR) is 90.2 cm³/mol. The summed E-state index contributed by atoms with van der Waals surface area (Å²) in [5.41, 5.74) is 1.15. The van der Waals surface area contributed by atoms with Crippen molar-refractivity contribution in [2.75, 3.05) is 38.6 Å². The average molecular weight is 311 g/mol. The molecule has 1 aromatic heterocycles. The highest BCUT2D eigenvalue weighted by atomic mass is 35.5. The van der Waals surface area contributed by atoms with Gasteiger partial charge in [-0.2, -0.15) is 0 Å². The van der Waals surface area contributed by atoms with E-state index in [1.165, 1.54) is 12.8 Å². The molecule has 1 fully saturated rings. The van der Waals surface area contributed by atoms with Crippen LogP contribution in [0.4, 0.5) is 5.82 Å². The number of likely N-dealkylation sites (N-methyl/N-ethyl adjacent to an activating group) is 1. The standard InChI is InChI=1S/C16H27ClN4/c1-4-7-18-10-13-9-15(17)16(19-11-13)21-8-5-6-14(12-21)20(2)3/h9,11,14,18H,4-8,10,12H2,1-3H3. The quantitative estimate of drug-likeness (QED) is 0.819. The SMILES string of the molecule is CCCNCc1cnc(N2CCCC(N(C)C)C2)c(Cl)c1. The van der Waals surface area contributed by atoms with Gasteiger partial charge in [0.15, 0.2) is 0 Å². The molecule has 0 saturated carbocycles. The summed E-state index contributed by atoms with van der Waals surface area (Å²) in [4.78, 5) is 9.22. The predicted octanol–water partition coefficient (Wildman–Crippen LogP) is 2.77. The van der Waals surface area contributed by atoms with Crippen molar-refractivity contribution >= 4 is 17.4 Å². The van der Waals surface area contributed by atoms with Gasteiger partial charge in [0.05, 0.1) is 5.02 Å². The molecule has 0 radical (unpaired) electrons. The minimum absolute atomic E-state index is 0.586. The van der Waals surface area contributed by atoms with Crippen molar-refractivity contribution in [1.29, 1.82) is 0 Å². The zero-order valence-electron chi connectivity index (χ0n) is 13.4. The fraction of sp³-hybridized carbons (Fsp3) is 0.688. The summed E-state index contributed by atoms with van der Waals surface area (Å²) in [6.45, 7) is 6.08. The Hall–Kier alpha value is -0.840. The van der Waals surface area contributed by atoms with E-state index in [9.17, 15) is 0 Å². The van der Waals surface area contributed by atoms with Crippen LogP contribution in [0.25, 0.3) is 0 Å². The second-order valence-corrected chi connectivity index (χ2v) is 6.44. The largest absolute Gasteiger partial charge is 0.354 e. The topological polar surface area (TPSA) is 31.4 Å². The molecule has 21 heavy (non-hydrogen) atoms. The van der Waals surface area contributed by atoms with E-state index < -0.39 is 0 Å². The van der Waals surface area contributed by atoms with E-state index in [4.69, 9.17) is 11.6 Å². The minimum Gasteiger partial charge on any atom is -0.354 e. The van der Waals surface area contributed by atoms with Gasteiger partial charge in [0.2, 0.25) is 0 Å². The summed E-state index contributed by atoms with van der Waals surface area (Å²) >= 11 is 6.46. The maximum absolute atomic E-state index is 6.46. The average Bonchev–Trinajstić information content (AvgIpc) is 2.48. The fourth-order valence-electron chi connectivity index (χ4n) is 2.78. The number of pyridine rings is 1. The molecule has 1 aliphatic rings. The van der Waals surface area contributed by atoms with Crippen molar-refractivity contribution in [3.63, 3.8) is 0 Å². The molecule has 0 aliphatic carbocycles. The molecule has 0 bridgehead atoms. The van der Waals surface area contributed by atoms with E-state index in [-0.39, 0.29) is 0 Å². The van der Waals surface area contributed by atoms with E-state index >= 15 is 0 Å². The van der Waals surface area contributed by atoms with Gasteiger partial charge in [-0.15, -0.1) is 0 Å². The van der Waals surface area contributed by atoms with Gasteiger partial charge in [0.1, 0.15) is 5.82 Å². The smallest absolute Gasteiger partial charge is 0.147 e. The van der Waals surface area contributed by atoms with Crippen LogP contribution < -0.4 is 10.2 Å². The first-order chi connectivity index (χ1) is 10.1. The maximum Gasteiger partial charge on any atom is 0.147 e. The van der Waals surface area contributed by atoms with Gasteiger partial charge in [-0.05, 0) is 51.5 Å². The van der Waals surface area contributed by atoms with Crippen LogP contribution in [0.2, 0.25) is 5.02 Å². The lowest BCUT2D eigenvalue weighted by atomic mass is 10.0. The van der Waals surface area contributed by atoms with Crippen LogP contribution in [-0.2, 0) is 6.54 Å². The first-order valence-corrected chi connectivity index (χ1v) is 8.26. The van der Waals surface area contributed by atoms with Gasteiger partial charge in [0.25, 0.3) is 0 Å². The number of aromatic nitrogens is 1. The number of hydrogen-bond acceptors (Lipinski definition) is 4. The Bertz CT molecular complexity index is 450. The third-order valence-electron chi connectivity index (χ3n) is 4.06. The van der Waals surface area contributed by atoms with E-state index in [2.05, 4.69) is 41.1 Å². The number of halogens is 1. The fourth-order valence-corrected chi connectivity index (χ4v) is 3.09. The number of piperidine rings is 1. The number of hydrogen-bond donors (Lipinski definition) is 1. The Kier molecular flexibility index (Phi) is 6.27. The van der Waals surface area contributed by atoms with Crippen molar-refractivity contribution in [1.82, 2.24) is 15.2 Å². The van der Waals surface area contributed by atoms with Crippen molar-refractivity contribution in [2.24, 2.45) is 0 Å². The second-order valence-electron chi connectivity index (χ2n) is 6.03. The summed E-state index contributed by atoms with van der Waals surface area (Å²) in [6.07, 6.45) is 5.53. The molecule has 1 N–H and O–H groups in total. The van der Waals surface area contributed by atoms with Crippen molar-refractivity contribution in [2.45, 2.75) is 38.8 Å². The molecule has 5 heteroatoms. The van der Waals surface area contributed by atoms with Crippen molar-refractivity contribution < 1.29 is 0 Å². The third-order valence-corrected chi connectivity index (χ3v) is 4.34. The molecule has 0 aromatic carbocycles. The number of nitrogens with zero attached hydrogens (tertiary/aromatic N) is 3. The molecular weight excluding hydrogens is 284 g/mol. The van der Waals surface area contributed by atoms with E-state index in [1.54, 1.807) is 0 Å². The van der Waals surface area contributed by atoms with Gasteiger partial charge in [0, 0.05) is 31.9 Å².